The summed E-state index contributed by atoms with van der Waals surface area (Å²) in [5.74, 6) is 3.14. The van der Waals surface area contributed by atoms with Crippen LogP contribution < -0.4 is 0 Å². The van der Waals surface area contributed by atoms with E-state index in [-0.39, 0.29) is 22.2 Å². The lowest BCUT2D eigenvalue weighted by Gasteiger charge is -2.62. The van der Waals surface area contributed by atoms with E-state index in [0.29, 0.717) is 29.8 Å². The number of hydrogen-bond acceptors (Lipinski definition) is 2. The van der Waals surface area contributed by atoms with E-state index >= 15 is 0 Å². The Balaban J connectivity index is 1.73. The Morgan fingerprint density at radius 2 is 1.76 bits per heavy atom. The van der Waals surface area contributed by atoms with Gasteiger partial charge >= 0.3 is 0 Å². The Labute approximate surface area is 152 Å². The summed E-state index contributed by atoms with van der Waals surface area (Å²) in [4.78, 5) is 24.5. The average molecular weight is 343 g/mol. The second kappa shape index (κ2) is 5.30. The molecule has 4 rings (SSSR count). The third-order valence-electron chi connectivity index (χ3n) is 9.44. The molecule has 0 saturated heterocycles. The van der Waals surface area contributed by atoms with E-state index in [2.05, 4.69) is 27.7 Å². The summed E-state index contributed by atoms with van der Waals surface area (Å²) in [5, 5.41) is 0. The lowest BCUT2D eigenvalue weighted by molar-refractivity contribution is -0.134. The van der Waals surface area contributed by atoms with Gasteiger partial charge < -0.3 is 0 Å². The van der Waals surface area contributed by atoms with Gasteiger partial charge in [0.15, 0.2) is 5.78 Å². The standard InChI is InChI=1S/C23H34O2/c1-14(24)18-8-9-19-17-7-6-15-12-16(25)13-21(2,3)23(15,5)20(17)10-11-22(18,19)4/h12,17-20H,6-11,13H2,1-5H3/t17-,18-,19-,20-,22+,23-/m0/s1. The predicted molar refractivity (Wildman–Crippen MR) is 100 cm³/mol. The number of fused-ring (bicyclic) bond motifs is 5. The van der Waals surface area contributed by atoms with Gasteiger partial charge in [-0.2, -0.15) is 0 Å². The molecule has 6 atom stereocenters. The number of Topliss-reactive ketones (excluding diaryl/α,β-unsaturated/α-hetero) is 1. The third kappa shape index (κ3) is 2.15. The van der Waals surface area contributed by atoms with Crippen LogP contribution >= 0.6 is 0 Å². The summed E-state index contributed by atoms with van der Waals surface area (Å²) in [6.45, 7) is 11.3. The minimum absolute atomic E-state index is 0.0455. The maximum Gasteiger partial charge on any atom is 0.156 e. The first-order chi connectivity index (χ1) is 11.6. The minimum atomic E-state index is 0.0455. The van der Waals surface area contributed by atoms with Crippen LogP contribution in [-0.4, -0.2) is 11.6 Å². The first kappa shape index (κ1) is 17.5. The number of allylic oxidation sites excluding steroid dienone is 1. The Kier molecular flexibility index (Phi) is 3.71. The van der Waals surface area contributed by atoms with Crippen molar-refractivity contribution >= 4 is 11.6 Å². The molecule has 4 aliphatic rings. The van der Waals surface area contributed by atoms with Crippen LogP contribution in [0.15, 0.2) is 11.6 Å². The quantitative estimate of drug-likeness (QED) is 0.643. The molecule has 0 bridgehead atoms. The fraction of sp³-hybridized carbons (Fsp3) is 0.826. The number of carbonyl (C=O) groups is 2. The van der Waals surface area contributed by atoms with Gasteiger partial charge in [0.2, 0.25) is 0 Å². The lowest BCUT2D eigenvalue weighted by atomic mass is 9.41. The van der Waals surface area contributed by atoms with Crippen molar-refractivity contribution in [2.45, 2.75) is 79.6 Å². The number of rotatable bonds is 1. The predicted octanol–water partition coefficient (Wildman–Crippen LogP) is 5.36. The van der Waals surface area contributed by atoms with Crippen LogP contribution in [0.3, 0.4) is 0 Å². The molecule has 0 radical (unpaired) electrons. The Morgan fingerprint density at radius 3 is 2.44 bits per heavy atom. The van der Waals surface area contributed by atoms with Crippen molar-refractivity contribution in [3.05, 3.63) is 11.6 Å². The second-order valence-corrected chi connectivity index (χ2v) is 10.6. The zero-order valence-electron chi connectivity index (χ0n) is 16.7. The highest BCUT2D eigenvalue weighted by molar-refractivity contribution is 5.92. The zero-order chi connectivity index (χ0) is 18.2. The summed E-state index contributed by atoms with van der Waals surface area (Å²) in [5.41, 5.74) is 1.85. The first-order valence-corrected chi connectivity index (χ1v) is 10.4. The van der Waals surface area contributed by atoms with Crippen molar-refractivity contribution in [1.82, 2.24) is 0 Å². The van der Waals surface area contributed by atoms with Crippen LogP contribution in [0.25, 0.3) is 0 Å². The normalized spacial score (nSPS) is 48.2. The van der Waals surface area contributed by atoms with E-state index in [9.17, 15) is 9.59 Å². The van der Waals surface area contributed by atoms with Crippen LogP contribution in [0.4, 0.5) is 0 Å². The van der Waals surface area contributed by atoms with Gasteiger partial charge in [-0.25, -0.2) is 0 Å². The molecule has 0 heterocycles. The monoisotopic (exact) mass is 342 g/mol. The highest BCUT2D eigenvalue weighted by Gasteiger charge is 2.62. The molecule has 25 heavy (non-hydrogen) atoms. The molecule has 0 unspecified atom stereocenters. The van der Waals surface area contributed by atoms with Gasteiger partial charge in [-0.15, -0.1) is 0 Å². The fourth-order valence-corrected chi connectivity index (χ4v) is 7.92. The van der Waals surface area contributed by atoms with Crippen LogP contribution in [0.2, 0.25) is 0 Å². The first-order valence-electron chi connectivity index (χ1n) is 10.4. The van der Waals surface area contributed by atoms with Crippen LogP contribution in [-0.2, 0) is 9.59 Å². The molecule has 3 fully saturated rings. The summed E-state index contributed by atoms with van der Waals surface area (Å²) in [6.07, 6.45) is 9.75. The van der Waals surface area contributed by atoms with Crippen LogP contribution in [0.1, 0.15) is 79.6 Å². The molecule has 0 aromatic carbocycles. The molecule has 4 aliphatic carbocycles. The maximum absolute atomic E-state index is 12.3. The average Bonchev–Trinajstić information content (AvgIpc) is 2.85. The Morgan fingerprint density at radius 1 is 1.04 bits per heavy atom. The number of hydrogen-bond donors (Lipinski definition) is 0. The van der Waals surface area contributed by atoms with Gasteiger partial charge in [0.25, 0.3) is 0 Å². The SMILES string of the molecule is CC(=O)[C@@H]1CC[C@H]2[C@@H]3CCC4=CC(=O)CC(C)(C)[C@]4(C)[C@H]3CC[C@]12C. The van der Waals surface area contributed by atoms with Crippen molar-refractivity contribution in [1.29, 1.82) is 0 Å². The molecule has 0 aromatic heterocycles. The van der Waals surface area contributed by atoms with E-state index in [4.69, 9.17) is 0 Å². The molecule has 2 nitrogen and oxygen atoms in total. The smallest absolute Gasteiger partial charge is 0.156 e. The maximum atomic E-state index is 12.3. The van der Waals surface area contributed by atoms with Gasteiger partial charge in [0.05, 0.1) is 0 Å². The minimum Gasteiger partial charge on any atom is -0.300 e. The van der Waals surface area contributed by atoms with Crippen molar-refractivity contribution in [3.63, 3.8) is 0 Å². The number of carbonyl (C=O) groups excluding carboxylic acids is 2. The van der Waals surface area contributed by atoms with E-state index in [1.807, 2.05) is 13.0 Å². The largest absolute Gasteiger partial charge is 0.300 e. The van der Waals surface area contributed by atoms with Crippen LogP contribution in [0, 0.1) is 39.9 Å². The van der Waals surface area contributed by atoms with E-state index in [1.54, 1.807) is 0 Å². The molecule has 2 heteroatoms. The highest BCUT2D eigenvalue weighted by Crippen LogP contribution is 2.69. The van der Waals surface area contributed by atoms with Crippen molar-refractivity contribution in [3.8, 4) is 0 Å². The Bertz CT molecular complexity index is 657. The molecule has 3 saturated carbocycles. The van der Waals surface area contributed by atoms with Crippen molar-refractivity contribution in [2.24, 2.45) is 39.9 Å². The summed E-state index contributed by atoms with van der Waals surface area (Å²) in [7, 11) is 0. The molecule has 0 aliphatic heterocycles. The van der Waals surface area contributed by atoms with E-state index in [0.717, 1.165) is 18.8 Å². The molecular formula is C23H34O2. The molecule has 138 valence electrons. The van der Waals surface area contributed by atoms with Crippen molar-refractivity contribution in [2.75, 3.05) is 0 Å². The van der Waals surface area contributed by atoms with Gasteiger partial charge in [-0.1, -0.05) is 33.3 Å². The Hall–Kier alpha value is -0.920. The van der Waals surface area contributed by atoms with E-state index < -0.39 is 0 Å². The van der Waals surface area contributed by atoms with Crippen LogP contribution in [0.5, 0.6) is 0 Å². The number of ketones is 2. The lowest BCUT2D eigenvalue weighted by Crippen LogP contribution is -2.56. The third-order valence-corrected chi connectivity index (χ3v) is 9.44. The van der Waals surface area contributed by atoms with Gasteiger partial charge in [-0.05, 0) is 85.5 Å². The molecule has 0 amide bonds. The van der Waals surface area contributed by atoms with Gasteiger partial charge in [0.1, 0.15) is 5.78 Å². The summed E-state index contributed by atoms with van der Waals surface area (Å²) in [6, 6.07) is 0. The molecule has 0 spiro atoms. The summed E-state index contributed by atoms with van der Waals surface area (Å²) < 4.78 is 0. The fourth-order valence-electron chi connectivity index (χ4n) is 7.92. The summed E-state index contributed by atoms with van der Waals surface area (Å²) >= 11 is 0. The molecule has 0 N–H and O–H groups in total. The van der Waals surface area contributed by atoms with Crippen molar-refractivity contribution < 1.29 is 9.59 Å². The van der Waals surface area contributed by atoms with Gasteiger partial charge in [0, 0.05) is 12.3 Å². The highest BCUT2D eigenvalue weighted by atomic mass is 16.1. The molecule has 0 aromatic rings. The van der Waals surface area contributed by atoms with Gasteiger partial charge in [-0.3, -0.25) is 9.59 Å². The second-order valence-electron chi connectivity index (χ2n) is 10.6. The topological polar surface area (TPSA) is 34.1 Å². The molecular weight excluding hydrogens is 308 g/mol. The zero-order valence-corrected chi connectivity index (χ0v) is 16.7. The van der Waals surface area contributed by atoms with E-state index in [1.165, 1.54) is 31.3 Å².